The van der Waals surface area contributed by atoms with E-state index in [0.29, 0.717) is 18.3 Å². The maximum atomic E-state index is 12.7. The Balaban J connectivity index is 1.55. The average molecular weight is 463 g/mol. The number of para-hydroxylation sites is 1. The van der Waals surface area contributed by atoms with Gasteiger partial charge in [0.05, 0.1) is 12.8 Å². The van der Waals surface area contributed by atoms with Crippen LogP contribution in [-0.4, -0.2) is 30.7 Å². The summed E-state index contributed by atoms with van der Waals surface area (Å²) < 4.78 is 6.24. The predicted octanol–water partition coefficient (Wildman–Crippen LogP) is 4.38. The van der Waals surface area contributed by atoms with Crippen molar-refractivity contribution in [2.75, 3.05) is 18.6 Å². The van der Waals surface area contributed by atoms with Gasteiger partial charge in [-0.05, 0) is 30.3 Å². The molecule has 148 valence electrons. The maximum absolute atomic E-state index is 12.7. The second kappa shape index (κ2) is 9.47. The molecule has 3 rings (SSSR count). The fourth-order valence-corrected chi connectivity index (χ4v) is 4.67. The number of nitrogens with zero attached hydrogens (tertiary/aromatic N) is 1. The van der Waals surface area contributed by atoms with Crippen molar-refractivity contribution in [1.29, 1.82) is 0 Å². The first-order valence-corrected chi connectivity index (χ1v) is 10.8. The van der Waals surface area contributed by atoms with Gasteiger partial charge in [0.2, 0.25) is 11.8 Å². The Labute approximate surface area is 178 Å². The Morgan fingerprint density at radius 3 is 2.82 bits per heavy atom. The van der Waals surface area contributed by atoms with E-state index in [1.54, 1.807) is 23.8 Å². The van der Waals surface area contributed by atoms with Crippen molar-refractivity contribution in [1.82, 2.24) is 5.32 Å². The molecule has 1 N–H and O–H groups in total. The lowest BCUT2D eigenvalue weighted by Gasteiger charge is -2.32. The first kappa shape index (κ1) is 20.7. The number of anilines is 1. The monoisotopic (exact) mass is 462 g/mol. The van der Waals surface area contributed by atoms with Gasteiger partial charge in [0, 0.05) is 46.1 Å². The molecule has 0 aromatic heterocycles. The second-order valence-electron chi connectivity index (χ2n) is 6.63. The Morgan fingerprint density at radius 1 is 1.25 bits per heavy atom. The van der Waals surface area contributed by atoms with E-state index in [4.69, 9.17) is 4.74 Å². The van der Waals surface area contributed by atoms with Crippen molar-refractivity contribution in [3.63, 3.8) is 0 Å². The second-order valence-corrected chi connectivity index (χ2v) is 9.03. The summed E-state index contributed by atoms with van der Waals surface area (Å²) in [6, 6.07) is 13.6. The normalized spacial score (nSPS) is 15.7. The smallest absolute Gasteiger partial charge is 0.227 e. The molecular weight excluding hydrogens is 440 g/mol. The standard InChI is InChI=1S/C21H23BrN2O3S/c1-14-13-24(17-5-3-4-6-19(17)28-14)21(26)10-9-20(25)23-12-15-11-16(22)7-8-18(15)27-2/h3-8,11,14H,9-10,12-13H2,1-2H3,(H,23,25)/t14-/m0/s1. The SMILES string of the molecule is COc1ccc(Br)cc1CNC(=O)CCC(=O)N1C[C@H](C)Sc2ccccc21. The van der Waals surface area contributed by atoms with Crippen molar-refractivity contribution in [2.24, 2.45) is 0 Å². The van der Waals surface area contributed by atoms with E-state index >= 15 is 0 Å². The van der Waals surface area contributed by atoms with Gasteiger partial charge in [-0.1, -0.05) is 35.0 Å². The third kappa shape index (κ3) is 5.08. The molecule has 0 unspecified atom stereocenters. The van der Waals surface area contributed by atoms with Crippen LogP contribution in [0.5, 0.6) is 5.75 Å². The van der Waals surface area contributed by atoms with Gasteiger partial charge in [-0.15, -0.1) is 11.8 Å². The van der Waals surface area contributed by atoms with E-state index < -0.39 is 0 Å². The lowest BCUT2D eigenvalue weighted by molar-refractivity contribution is -0.125. The molecule has 0 spiro atoms. The molecule has 0 saturated carbocycles. The maximum Gasteiger partial charge on any atom is 0.227 e. The number of nitrogens with one attached hydrogen (secondary N) is 1. The highest BCUT2D eigenvalue weighted by Gasteiger charge is 2.26. The summed E-state index contributed by atoms with van der Waals surface area (Å²) in [5.74, 6) is 0.550. The van der Waals surface area contributed by atoms with Crippen LogP contribution >= 0.6 is 27.7 Å². The van der Waals surface area contributed by atoms with Crippen LogP contribution in [-0.2, 0) is 16.1 Å². The molecule has 0 radical (unpaired) electrons. The van der Waals surface area contributed by atoms with Gasteiger partial charge in [-0.3, -0.25) is 9.59 Å². The quantitative estimate of drug-likeness (QED) is 0.691. The van der Waals surface area contributed by atoms with Crippen molar-refractivity contribution in [3.05, 3.63) is 52.5 Å². The highest BCUT2D eigenvalue weighted by Crippen LogP contribution is 2.38. The molecule has 0 saturated heterocycles. The number of halogens is 1. The van der Waals surface area contributed by atoms with Crippen LogP contribution < -0.4 is 15.0 Å². The average Bonchev–Trinajstić information content (AvgIpc) is 2.69. The van der Waals surface area contributed by atoms with E-state index in [1.165, 1.54) is 0 Å². The molecule has 1 atom stereocenters. The molecule has 0 bridgehead atoms. The van der Waals surface area contributed by atoms with Gasteiger partial charge < -0.3 is 15.0 Å². The summed E-state index contributed by atoms with van der Waals surface area (Å²) in [7, 11) is 1.60. The van der Waals surface area contributed by atoms with Crippen LogP contribution in [0.2, 0.25) is 0 Å². The molecule has 1 heterocycles. The number of ether oxygens (including phenoxy) is 1. The molecule has 0 fully saturated rings. The van der Waals surface area contributed by atoms with Crippen LogP contribution in [0.15, 0.2) is 51.8 Å². The molecule has 28 heavy (non-hydrogen) atoms. The highest BCUT2D eigenvalue weighted by molar-refractivity contribution is 9.10. The lowest BCUT2D eigenvalue weighted by Crippen LogP contribution is -2.39. The number of hydrogen-bond acceptors (Lipinski definition) is 4. The Hall–Kier alpha value is -1.99. The fourth-order valence-electron chi connectivity index (χ4n) is 3.15. The number of amides is 2. The van der Waals surface area contributed by atoms with Crippen LogP contribution in [0.4, 0.5) is 5.69 Å². The van der Waals surface area contributed by atoms with E-state index in [1.807, 2.05) is 42.5 Å². The van der Waals surface area contributed by atoms with Crippen LogP contribution in [0.25, 0.3) is 0 Å². The molecule has 5 nitrogen and oxygen atoms in total. The van der Waals surface area contributed by atoms with Gasteiger partial charge >= 0.3 is 0 Å². The number of methoxy groups -OCH3 is 1. The molecule has 2 aromatic rings. The van der Waals surface area contributed by atoms with Gasteiger partial charge in [0.15, 0.2) is 0 Å². The lowest BCUT2D eigenvalue weighted by atomic mass is 10.2. The molecule has 2 amide bonds. The van der Waals surface area contributed by atoms with E-state index in [2.05, 4.69) is 28.2 Å². The number of carbonyl (C=O) groups is 2. The zero-order valence-corrected chi connectivity index (χ0v) is 18.3. The van der Waals surface area contributed by atoms with Crippen LogP contribution in [0, 0.1) is 0 Å². The fraction of sp³-hybridized carbons (Fsp3) is 0.333. The zero-order valence-electron chi connectivity index (χ0n) is 15.9. The molecule has 7 heteroatoms. The van der Waals surface area contributed by atoms with Gasteiger partial charge in [-0.2, -0.15) is 0 Å². The van der Waals surface area contributed by atoms with Gasteiger partial charge in [-0.25, -0.2) is 0 Å². The minimum atomic E-state index is -0.150. The molecule has 0 aliphatic carbocycles. The molecule has 2 aromatic carbocycles. The predicted molar refractivity (Wildman–Crippen MR) is 116 cm³/mol. The minimum absolute atomic E-state index is 0.0187. The third-order valence-electron chi connectivity index (χ3n) is 4.51. The topological polar surface area (TPSA) is 58.6 Å². The molecule has 1 aliphatic heterocycles. The van der Waals surface area contributed by atoms with Crippen LogP contribution in [0.3, 0.4) is 0 Å². The zero-order chi connectivity index (χ0) is 20.1. The Bertz CT molecular complexity index is 874. The summed E-state index contributed by atoms with van der Waals surface area (Å²) in [6.45, 7) is 3.13. The minimum Gasteiger partial charge on any atom is -0.496 e. The van der Waals surface area contributed by atoms with Crippen LogP contribution in [0.1, 0.15) is 25.3 Å². The number of hydrogen-bond donors (Lipinski definition) is 1. The highest BCUT2D eigenvalue weighted by atomic mass is 79.9. The van der Waals surface area contributed by atoms with Crippen molar-refractivity contribution < 1.29 is 14.3 Å². The largest absolute Gasteiger partial charge is 0.496 e. The van der Waals surface area contributed by atoms with E-state index in [9.17, 15) is 9.59 Å². The van der Waals surface area contributed by atoms with Crippen molar-refractivity contribution >= 4 is 45.2 Å². The summed E-state index contributed by atoms with van der Waals surface area (Å²) in [5, 5.41) is 3.20. The van der Waals surface area contributed by atoms with E-state index in [0.717, 1.165) is 26.4 Å². The summed E-state index contributed by atoms with van der Waals surface area (Å²) in [5.41, 5.74) is 1.82. The summed E-state index contributed by atoms with van der Waals surface area (Å²) >= 11 is 5.20. The van der Waals surface area contributed by atoms with Crippen molar-refractivity contribution in [2.45, 2.75) is 36.5 Å². The third-order valence-corrected chi connectivity index (χ3v) is 6.15. The van der Waals surface area contributed by atoms with E-state index in [-0.39, 0.29) is 24.7 Å². The Morgan fingerprint density at radius 2 is 2.04 bits per heavy atom. The number of carbonyl (C=O) groups excluding carboxylic acids is 2. The first-order chi connectivity index (χ1) is 13.5. The van der Waals surface area contributed by atoms with Gasteiger partial charge in [0.25, 0.3) is 0 Å². The number of thioether (sulfide) groups is 1. The Kier molecular flexibility index (Phi) is 7.02. The first-order valence-electron chi connectivity index (χ1n) is 9.13. The number of rotatable bonds is 6. The summed E-state index contributed by atoms with van der Waals surface area (Å²) in [4.78, 5) is 27.9. The van der Waals surface area contributed by atoms with Crippen molar-refractivity contribution in [3.8, 4) is 5.75 Å². The number of fused-ring (bicyclic) bond motifs is 1. The summed E-state index contributed by atoms with van der Waals surface area (Å²) in [6.07, 6.45) is 0.350. The molecule has 1 aliphatic rings. The number of benzene rings is 2. The molecular formula is C21H23BrN2O3S. The van der Waals surface area contributed by atoms with Gasteiger partial charge in [0.1, 0.15) is 5.75 Å².